The van der Waals surface area contributed by atoms with Gasteiger partial charge in [0.15, 0.2) is 0 Å². The van der Waals surface area contributed by atoms with Crippen LogP contribution >= 0.6 is 0 Å². The summed E-state index contributed by atoms with van der Waals surface area (Å²) < 4.78 is 5.32. The molecule has 0 saturated heterocycles. The fraction of sp³-hybridized carbons (Fsp3) is 0.526. The van der Waals surface area contributed by atoms with E-state index in [2.05, 4.69) is 26.0 Å². The Morgan fingerprint density at radius 2 is 2.00 bits per heavy atom. The highest BCUT2D eigenvalue weighted by molar-refractivity contribution is 5.81. The summed E-state index contributed by atoms with van der Waals surface area (Å²) in [4.78, 5) is 11.6. The lowest BCUT2D eigenvalue weighted by Crippen LogP contribution is -2.12. The smallest absolute Gasteiger partial charge is 0.330 e. The van der Waals surface area contributed by atoms with Gasteiger partial charge in [0, 0.05) is 6.08 Å². The molecule has 1 aromatic carbocycles. The summed E-state index contributed by atoms with van der Waals surface area (Å²) in [7, 11) is 0. The molecule has 0 aromatic heterocycles. The predicted octanol–water partition coefficient (Wildman–Crippen LogP) is 4.94. The van der Waals surface area contributed by atoms with Crippen molar-refractivity contribution in [2.45, 2.75) is 52.4 Å². The van der Waals surface area contributed by atoms with E-state index in [9.17, 15) is 4.79 Å². The van der Waals surface area contributed by atoms with Crippen LogP contribution in [0.2, 0.25) is 0 Å². The summed E-state index contributed by atoms with van der Waals surface area (Å²) in [5, 5.41) is 0. The maximum atomic E-state index is 11.6. The molecule has 0 aliphatic heterocycles. The number of hydrogen-bond acceptors (Lipinski definition) is 2. The summed E-state index contributed by atoms with van der Waals surface area (Å²) in [6.45, 7) is 4.90. The molecule has 116 valence electrons. The van der Waals surface area contributed by atoms with Crippen molar-refractivity contribution in [1.82, 2.24) is 0 Å². The molecule has 0 N–H and O–H groups in total. The summed E-state index contributed by atoms with van der Waals surface area (Å²) in [6.07, 6.45) is 9.93. The Bertz CT molecular complexity index is 409. The summed E-state index contributed by atoms with van der Waals surface area (Å²) >= 11 is 0. The molecule has 21 heavy (non-hydrogen) atoms. The second kappa shape index (κ2) is 11.1. The van der Waals surface area contributed by atoms with Crippen LogP contribution < -0.4 is 0 Å². The van der Waals surface area contributed by atoms with E-state index in [4.69, 9.17) is 4.74 Å². The van der Waals surface area contributed by atoms with Gasteiger partial charge in [-0.05, 0) is 30.7 Å². The minimum Gasteiger partial charge on any atom is -0.462 e. The first-order chi connectivity index (χ1) is 10.3. The SMILES string of the molecule is CCCCC(CC)COC(=O)/C=C/CCc1ccccc1. The predicted molar refractivity (Wildman–Crippen MR) is 88.2 cm³/mol. The molecular weight excluding hydrogens is 260 g/mol. The maximum absolute atomic E-state index is 11.6. The van der Waals surface area contributed by atoms with Crippen LogP contribution in [0.3, 0.4) is 0 Å². The average molecular weight is 288 g/mol. The lowest BCUT2D eigenvalue weighted by Gasteiger charge is -2.13. The lowest BCUT2D eigenvalue weighted by atomic mass is 10.0. The zero-order valence-electron chi connectivity index (χ0n) is 13.4. The van der Waals surface area contributed by atoms with Crippen molar-refractivity contribution in [3.8, 4) is 0 Å². The molecular formula is C19H28O2. The van der Waals surface area contributed by atoms with Crippen molar-refractivity contribution < 1.29 is 9.53 Å². The number of esters is 1. The highest BCUT2D eigenvalue weighted by Crippen LogP contribution is 2.13. The third-order valence-corrected chi connectivity index (χ3v) is 3.70. The second-order valence-corrected chi connectivity index (χ2v) is 5.47. The van der Waals surface area contributed by atoms with Crippen molar-refractivity contribution in [3.05, 3.63) is 48.0 Å². The number of rotatable bonds is 10. The number of allylic oxidation sites excluding steroid dienone is 1. The zero-order chi connectivity index (χ0) is 15.3. The fourth-order valence-corrected chi connectivity index (χ4v) is 2.22. The normalized spacial score (nSPS) is 12.5. The number of benzene rings is 1. The third-order valence-electron chi connectivity index (χ3n) is 3.70. The Kier molecular flexibility index (Phi) is 9.26. The number of aryl methyl sites for hydroxylation is 1. The van der Waals surface area contributed by atoms with Gasteiger partial charge in [0.1, 0.15) is 0 Å². The van der Waals surface area contributed by atoms with Crippen molar-refractivity contribution in [2.75, 3.05) is 6.61 Å². The number of ether oxygens (including phenoxy) is 1. The van der Waals surface area contributed by atoms with E-state index in [-0.39, 0.29) is 5.97 Å². The van der Waals surface area contributed by atoms with Crippen LogP contribution in [0.4, 0.5) is 0 Å². The number of hydrogen-bond donors (Lipinski definition) is 0. The molecule has 0 aliphatic carbocycles. The van der Waals surface area contributed by atoms with Gasteiger partial charge in [-0.15, -0.1) is 0 Å². The first kappa shape index (κ1) is 17.5. The Labute approximate surface area is 129 Å². The number of carbonyl (C=O) groups excluding carboxylic acids is 1. The van der Waals surface area contributed by atoms with Crippen LogP contribution in [0.5, 0.6) is 0 Å². The molecule has 0 aliphatic rings. The summed E-state index contributed by atoms with van der Waals surface area (Å²) in [6, 6.07) is 10.3. The highest BCUT2D eigenvalue weighted by Gasteiger charge is 2.08. The van der Waals surface area contributed by atoms with Crippen LogP contribution in [-0.2, 0) is 16.0 Å². The quantitative estimate of drug-likeness (QED) is 0.450. The largest absolute Gasteiger partial charge is 0.462 e. The van der Waals surface area contributed by atoms with Gasteiger partial charge in [-0.25, -0.2) is 4.79 Å². The van der Waals surface area contributed by atoms with Crippen molar-refractivity contribution >= 4 is 5.97 Å². The second-order valence-electron chi connectivity index (χ2n) is 5.47. The zero-order valence-corrected chi connectivity index (χ0v) is 13.4. The van der Waals surface area contributed by atoms with E-state index < -0.39 is 0 Å². The van der Waals surface area contributed by atoms with E-state index in [0.717, 1.165) is 25.7 Å². The number of carbonyl (C=O) groups is 1. The first-order valence-electron chi connectivity index (χ1n) is 8.13. The van der Waals surface area contributed by atoms with Gasteiger partial charge in [-0.1, -0.05) is 69.5 Å². The van der Waals surface area contributed by atoms with Gasteiger partial charge in [0.2, 0.25) is 0 Å². The minimum atomic E-state index is -0.210. The van der Waals surface area contributed by atoms with Crippen LogP contribution in [-0.4, -0.2) is 12.6 Å². The molecule has 0 saturated carbocycles. The molecule has 1 unspecified atom stereocenters. The van der Waals surface area contributed by atoms with Gasteiger partial charge in [-0.3, -0.25) is 0 Å². The molecule has 0 bridgehead atoms. The molecule has 0 spiro atoms. The Hall–Kier alpha value is -1.57. The van der Waals surface area contributed by atoms with Gasteiger partial charge >= 0.3 is 5.97 Å². The van der Waals surface area contributed by atoms with Crippen LogP contribution in [0, 0.1) is 5.92 Å². The summed E-state index contributed by atoms with van der Waals surface area (Å²) in [5.74, 6) is 0.296. The molecule has 1 rings (SSSR count). The Balaban J connectivity index is 2.19. The monoisotopic (exact) mass is 288 g/mol. The van der Waals surface area contributed by atoms with Gasteiger partial charge in [-0.2, -0.15) is 0 Å². The lowest BCUT2D eigenvalue weighted by molar-refractivity contribution is -0.139. The van der Waals surface area contributed by atoms with Crippen LogP contribution in [0.25, 0.3) is 0 Å². The Morgan fingerprint density at radius 3 is 2.67 bits per heavy atom. The average Bonchev–Trinajstić information content (AvgIpc) is 2.53. The number of unbranched alkanes of at least 4 members (excludes halogenated alkanes) is 1. The van der Waals surface area contributed by atoms with Crippen LogP contribution in [0.1, 0.15) is 51.5 Å². The highest BCUT2D eigenvalue weighted by atomic mass is 16.5. The van der Waals surface area contributed by atoms with E-state index in [1.54, 1.807) is 6.08 Å². The molecule has 1 atom stereocenters. The van der Waals surface area contributed by atoms with Crippen LogP contribution in [0.15, 0.2) is 42.5 Å². The molecule has 1 aromatic rings. The molecule has 2 heteroatoms. The third kappa shape index (κ3) is 8.34. The molecule has 2 nitrogen and oxygen atoms in total. The van der Waals surface area contributed by atoms with E-state index in [1.165, 1.54) is 18.4 Å². The van der Waals surface area contributed by atoms with E-state index >= 15 is 0 Å². The minimum absolute atomic E-state index is 0.210. The molecule has 0 radical (unpaired) electrons. The van der Waals surface area contributed by atoms with Gasteiger partial charge in [0.05, 0.1) is 6.61 Å². The first-order valence-corrected chi connectivity index (χ1v) is 8.13. The van der Waals surface area contributed by atoms with Crippen molar-refractivity contribution in [1.29, 1.82) is 0 Å². The maximum Gasteiger partial charge on any atom is 0.330 e. The topological polar surface area (TPSA) is 26.3 Å². The standard InChI is InChI=1S/C19H28O2/c1-3-5-11-17(4-2)16-21-19(20)15-10-9-14-18-12-7-6-8-13-18/h6-8,10,12-13,15,17H,3-5,9,11,14,16H2,1-2H3/b15-10+. The molecule has 0 amide bonds. The molecule has 0 heterocycles. The summed E-state index contributed by atoms with van der Waals surface area (Å²) in [5.41, 5.74) is 1.29. The van der Waals surface area contributed by atoms with E-state index in [1.807, 2.05) is 24.3 Å². The fourth-order valence-electron chi connectivity index (χ4n) is 2.22. The van der Waals surface area contributed by atoms with E-state index in [0.29, 0.717) is 12.5 Å². The Morgan fingerprint density at radius 1 is 1.24 bits per heavy atom. The van der Waals surface area contributed by atoms with Crippen molar-refractivity contribution in [3.63, 3.8) is 0 Å². The van der Waals surface area contributed by atoms with Crippen molar-refractivity contribution in [2.24, 2.45) is 5.92 Å². The molecule has 0 fully saturated rings. The van der Waals surface area contributed by atoms with Gasteiger partial charge < -0.3 is 4.74 Å². The van der Waals surface area contributed by atoms with Gasteiger partial charge in [0.25, 0.3) is 0 Å².